The van der Waals surface area contributed by atoms with E-state index in [1.165, 1.54) is 0 Å². The smallest absolute Gasteiger partial charge is 0.326 e. The summed E-state index contributed by atoms with van der Waals surface area (Å²) >= 11 is 0. The van der Waals surface area contributed by atoms with Crippen LogP contribution < -0.4 is 11.1 Å². The molecule has 0 bridgehead atoms. The molecule has 0 spiro atoms. The normalized spacial score (nSPS) is 10.8. The van der Waals surface area contributed by atoms with E-state index in [4.69, 9.17) is 0 Å². The number of nitrogens with one attached hydrogen (secondary N) is 2. The highest BCUT2D eigenvalue weighted by molar-refractivity contribution is 5.95. The Kier molecular flexibility index (Phi) is 4.03. The Balaban J connectivity index is 1.48. The number of rotatable bonds is 4. The van der Waals surface area contributed by atoms with E-state index >= 15 is 0 Å². The van der Waals surface area contributed by atoms with Crippen molar-refractivity contribution in [3.8, 4) is 11.4 Å². The number of pyridine rings is 1. The van der Waals surface area contributed by atoms with Crippen LogP contribution in [0.2, 0.25) is 0 Å². The second kappa shape index (κ2) is 6.64. The van der Waals surface area contributed by atoms with Gasteiger partial charge < -0.3 is 5.32 Å². The standard InChI is InChI=1S/C19H14N4O3/c24-16(11-14-4-1-3-12-5-2-10-20-17(12)14)21-15-8-6-13(7-9-15)18-22-19(25)26-23-18/h1-10H,11H2,(H,21,24)(H,22,23,25). The first-order valence-electron chi connectivity index (χ1n) is 7.98. The summed E-state index contributed by atoms with van der Waals surface area (Å²) < 4.78 is 4.48. The van der Waals surface area contributed by atoms with Crippen LogP contribution in [0.15, 0.2) is 70.1 Å². The minimum Gasteiger partial charge on any atom is -0.326 e. The second-order valence-electron chi connectivity index (χ2n) is 5.74. The largest absolute Gasteiger partial charge is 0.439 e. The lowest BCUT2D eigenvalue weighted by Gasteiger charge is -2.08. The number of nitrogens with zero attached hydrogens (tertiary/aromatic N) is 2. The van der Waals surface area contributed by atoms with Gasteiger partial charge in [-0.1, -0.05) is 29.4 Å². The number of aromatic nitrogens is 3. The lowest BCUT2D eigenvalue weighted by molar-refractivity contribution is -0.115. The molecule has 26 heavy (non-hydrogen) atoms. The highest BCUT2D eigenvalue weighted by Gasteiger charge is 2.09. The summed E-state index contributed by atoms with van der Waals surface area (Å²) in [6.45, 7) is 0. The summed E-state index contributed by atoms with van der Waals surface area (Å²) in [7, 11) is 0. The Morgan fingerprint density at radius 1 is 1.08 bits per heavy atom. The van der Waals surface area contributed by atoms with E-state index in [1.54, 1.807) is 30.5 Å². The van der Waals surface area contributed by atoms with Crippen molar-refractivity contribution in [2.45, 2.75) is 6.42 Å². The molecule has 4 aromatic rings. The third-order valence-electron chi connectivity index (χ3n) is 3.95. The Hall–Kier alpha value is -3.74. The summed E-state index contributed by atoms with van der Waals surface area (Å²) in [5.74, 6) is -0.401. The van der Waals surface area contributed by atoms with E-state index in [9.17, 15) is 9.59 Å². The summed E-state index contributed by atoms with van der Waals surface area (Å²) in [6.07, 6.45) is 1.95. The minimum atomic E-state index is -0.610. The Labute approximate surface area is 147 Å². The molecule has 2 N–H and O–H groups in total. The van der Waals surface area contributed by atoms with Crippen molar-refractivity contribution in [1.29, 1.82) is 0 Å². The Bertz CT molecular complexity index is 1120. The first-order chi connectivity index (χ1) is 12.7. The maximum Gasteiger partial charge on any atom is 0.439 e. The van der Waals surface area contributed by atoms with Gasteiger partial charge in [-0.15, -0.1) is 0 Å². The van der Waals surface area contributed by atoms with E-state index < -0.39 is 5.76 Å². The molecule has 4 rings (SSSR count). The van der Waals surface area contributed by atoms with E-state index in [0.29, 0.717) is 17.1 Å². The molecule has 1 amide bonds. The van der Waals surface area contributed by atoms with Gasteiger partial charge >= 0.3 is 5.76 Å². The van der Waals surface area contributed by atoms with Crippen molar-refractivity contribution in [2.24, 2.45) is 0 Å². The van der Waals surface area contributed by atoms with Crippen molar-refractivity contribution in [2.75, 3.05) is 5.32 Å². The van der Waals surface area contributed by atoms with Crippen molar-refractivity contribution < 1.29 is 9.32 Å². The zero-order valence-electron chi connectivity index (χ0n) is 13.6. The van der Waals surface area contributed by atoms with Gasteiger partial charge in [-0.3, -0.25) is 19.3 Å². The summed E-state index contributed by atoms with van der Waals surface area (Å²) in [5.41, 5.74) is 3.04. The fourth-order valence-corrected chi connectivity index (χ4v) is 2.75. The third-order valence-corrected chi connectivity index (χ3v) is 3.95. The zero-order valence-corrected chi connectivity index (χ0v) is 13.6. The molecular weight excluding hydrogens is 332 g/mol. The molecule has 0 aliphatic heterocycles. The number of amides is 1. The van der Waals surface area contributed by atoms with Crippen LogP contribution in [-0.4, -0.2) is 21.0 Å². The number of fused-ring (bicyclic) bond motifs is 1. The lowest BCUT2D eigenvalue weighted by atomic mass is 10.1. The van der Waals surface area contributed by atoms with E-state index in [-0.39, 0.29) is 12.3 Å². The molecule has 7 heteroatoms. The minimum absolute atomic E-state index is 0.134. The average Bonchev–Trinajstić information content (AvgIpc) is 3.09. The predicted octanol–water partition coefficient (Wildman–Crippen LogP) is 2.76. The number of anilines is 1. The maximum absolute atomic E-state index is 12.4. The van der Waals surface area contributed by atoms with Gasteiger partial charge in [0.05, 0.1) is 11.9 Å². The fraction of sp³-hybridized carbons (Fsp3) is 0.0526. The third kappa shape index (κ3) is 3.23. The molecule has 0 saturated carbocycles. The maximum atomic E-state index is 12.4. The number of H-pyrrole nitrogens is 1. The van der Waals surface area contributed by atoms with Crippen molar-refractivity contribution in [1.82, 2.24) is 15.1 Å². The van der Waals surface area contributed by atoms with Crippen LogP contribution in [0, 0.1) is 0 Å². The molecule has 0 atom stereocenters. The molecule has 2 heterocycles. The Morgan fingerprint density at radius 2 is 1.88 bits per heavy atom. The topological polar surface area (TPSA) is 101 Å². The molecule has 0 aliphatic carbocycles. The van der Waals surface area contributed by atoms with Crippen molar-refractivity contribution in [3.05, 3.63) is 76.9 Å². The van der Waals surface area contributed by atoms with Gasteiger partial charge in [-0.05, 0) is 35.9 Å². The number of para-hydroxylation sites is 1. The summed E-state index contributed by atoms with van der Waals surface area (Å²) in [5, 5.41) is 7.48. The van der Waals surface area contributed by atoms with Crippen LogP contribution in [0.25, 0.3) is 22.3 Å². The second-order valence-corrected chi connectivity index (χ2v) is 5.74. The first-order valence-corrected chi connectivity index (χ1v) is 7.98. The molecular formula is C19H14N4O3. The molecule has 128 valence electrons. The van der Waals surface area contributed by atoms with Crippen molar-refractivity contribution in [3.63, 3.8) is 0 Å². The van der Waals surface area contributed by atoms with E-state index in [2.05, 4.69) is 25.0 Å². The highest BCUT2D eigenvalue weighted by atomic mass is 16.5. The number of hydrogen-bond acceptors (Lipinski definition) is 5. The van der Waals surface area contributed by atoms with Gasteiger partial charge in [0.15, 0.2) is 5.82 Å². The first kappa shape index (κ1) is 15.8. The van der Waals surface area contributed by atoms with Gasteiger partial charge in [0.1, 0.15) is 0 Å². The number of benzene rings is 2. The number of carbonyl (C=O) groups is 1. The SMILES string of the molecule is O=C(Cc1cccc2cccnc12)Nc1ccc(-c2noc(=O)[nH]2)cc1. The fourth-order valence-electron chi connectivity index (χ4n) is 2.75. The summed E-state index contributed by atoms with van der Waals surface area (Å²) in [4.78, 5) is 30.2. The van der Waals surface area contributed by atoms with Crippen LogP contribution in [-0.2, 0) is 11.2 Å². The van der Waals surface area contributed by atoms with Crippen LogP contribution in [0.4, 0.5) is 5.69 Å². The molecule has 0 fully saturated rings. The molecule has 0 unspecified atom stereocenters. The average molecular weight is 346 g/mol. The predicted molar refractivity (Wildman–Crippen MR) is 96.6 cm³/mol. The van der Waals surface area contributed by atoms with Gasteiger partial charge in [0.2, 0.25) is 5.91 Å². The quantitative estimate of drug-likeness (QED) is 0.592. The number of aromatic amines is 1. The molecule has 0 saturated heterocycles. The Morgan fingerprint density at radius 3 is 2.65 bits per heavy atom. The van der Waals surface area contributed by atoms with Crippen molar-refractivity contribution >= 4 is 22.5 Å². The highest BCUT2D eigenvalue weighted by Crippen LogP contribution is 2.19. The van der Waals surface area contributed by atoms with Gasteiger partial charge in [0, 0.05) is 22.8 Å². The van der Waals surface area contributed by atoms with Crippen LogP contribution in [0.1, 0.15) is 5.56 Å². The van der Waals surface area contributed by atoms with Gasteiger partial charge in [0.25, 0.3) is 0 Å². The van der Waals surface area contributed by atoms with Crippen LogP contribution in [0.3, 0.4) is 0 Å². The number of carbonyl (C=O) groups excluding carboxylic acids is 1. The van der Waals surface area contributed by atoms with E-state index in [0.717, 1.165) is 16.5 Å². The number of hydrogen-bond donors (Lipinski definition) is 2. The van der Waals surface area contributed by atoms with Crippen LogP contribution in [0.5, 0.6) is 0 Å². The zero-order chi connectivity index (χ0) is 17.9. The van der Waals surface area contributed by atoms with Gasteiger partial charge in [-0.25, -0.2) is 4.79 Å². The molecule has 7 nitrogen and oxygen atoms in total. The van der Waals surface area contributed by atoms with E-state index in [1.807, 2.05) is 30.3 Å². The molecule has 0 aliphatic rings. The molecule has 0 radical (unpaired) electrons. The van der Waals surface area contributed by atoms with Gasteiger partial charge in [-0.2, -0.15) is 0 Å². The molecule has 2 aromatic heterocycles. The summed E-state index contributed by atoms with van der Waals surface area (Å²) in [6, 6.07) is 16.6. The van der Waals surface area contributed by atoms with Crippen LogP contribution >= 0.6 is 0 Å². The lowest BCUT2D eigenvalue weighted by Crippen LogP contribution is -2.14. The molecule has 2 aromatic carbocycles. The monoisotopic (exact) mass is 346 g/mol.